The van der Waals surface area contributed by atoms with Crippen LogP contribution in [0, 0.1) is 6.07 Å². The topological polar surface area (TPSA) is 9.23 Å². The Morgan fingerprint density at radius 1 is 1.05 bits per heavy atom. The van der Waals surface area contributed by atoms with E-state index >= 15 is 0 Å². The number of unbranched alkanes of at least 4 members (excludes halogenated alkanes) is 3. The highest BCUT2D eigenvalue weighted by atomic mass is 16.5. The molecule has 0 saturated carbocycles. The maximum Gasteiger partial charge on any atom is 0.127 e. The van der Waals surface area contributed by atoms with Gasteiger partial charge < -0.3 is 4.74 Å². The maximum absolute atomic E-state index is 5.75. The van der Waals surface area contributed by atoms with E-state index in [1.807, 2.05) is 6.07 Å². The molecule has 0 atom stereocenters. The monoisotopic (exact) mass is 261 g/mol. The highest BCUT2D eigenvalue weighted by Gasteiger charge is 2.20. The first-order valence-electron chi connectivity index (χ1n) is 7.75. The standard InChI is InChI=1S/C18H29O/c1-5-7-9-13-18(3,4)16-11-10-12-17(15-16)19-14-8-6-2/h10-12H,5-9,13-14H2,1-4H3. The Kier molecular flexibility index (Phi) is 6.97. The number of hydrogen-bond acceptors (Lipinski definition) is 1. The van der Waals surface area contributed by atoms with Crippen LogP contribution >= 0.6 is 0 Å². The second kappa shape index (κ2) is 8.24. The molecule has 1 rings (SSSR count). The summed E-state index contributed by atoms with van der Waals surface area (Å²) in [5.41, 5.74) is 1.47. The van der Waals surface area contributed by atoms with Crippen LogP contribution in [0.5, 0.6) is 5.75 Å². The molecule has 1 heteroatoms. The zero-order chi connectivity index (χ0) is 14.1. The lowest BCUT2D eigenvalue weighted by atomic mass is 9.80. The van der Waals surface area contributed by atoms with Gasteiger partial charge in [-0.1, -0.05) is 65.5 Å². The van der Waals surface area contributed by atoms with Gasteiger partial charge in [0.2, 0.25) is 0 Å². The Bertz CT molecular complexity index is 354. The Morgan fingerprint density at radius 2 is 1.79 bits per heavy atom. The Labute approximate surface area is 119 Å². The largest absolute Gasteiger partial charge is 0.493 e. The SMILES string of the molecule is CCCCCC(C)(C)c1[c]c(OCCCC)ccc1. The predicted molar refractivity (Wildman–Crippen MR) is 82.8 cm³/mol. The molecule has 0 heterocycles. The number of benzene rings is 1. The molecule has 1 aromatic carbocycles. The summed E-state index contributed by atoms with van der Waals surface area (Å²) in [6.07, 6.45) is 7.38. The van der Waals surface area contributed by atoms with Crippen molar-refractivity contribution in [1.29, 1.82) is 0 Å². The Morgan fingerprint density at radius 3 is 2.47 bits per heavy atom. The third kappa shape index (κ3) is 5.67. The van der Waals surface area contributed by atoms with E-state index in [2.05, 4.69) is 45.9 Å². The van der Waals surface area contributed by atoms with Gasteiger partial charge in [0.15, 0.2) is 0 Å². The molecule has 0 saturated heterocycles. The quantitative estimate of drug-likeness (QED) is 0.531. The summed E-state index contributed by atoms with van der Waals surface area (Å²) >= 11 is 0. The zero-order valence-electron chi connectivity index (χ0n) is 13.1. The van der Waals surface area contributed by atoms with E-state index in [1.54, 1.807) is 0 Å². The third-order valence-corrected chi connectivity index (χ3v) is 3.66. The lowest BCUT2D eigenvalue weighted by Crippen LogP contribution is -2.17. The van der Waals surface area contributed by atoms with E-state index in [1.165, 1.54) is 37.7 Å². The van der Waals surface area contributed by atoms with E-state index in [-0.39, 0.29) is 5.41 Å². The summed E-state index contributed by atoms with van der Waals surface area (Å²) in [6, 6.07) is 9.73. The van der Waals surface area contributed by atoms with Crippen molar-refractivity contribution in [3.63, 3.8) is 0 Å². The van der Waals surface area contributed by atoms with E-state index in [4.69, 9.17) is 4.74 Å². The molecular formula is C18H29O. The van der Waals surface area contributed by atoms with Crippen molar-refractivity contribution in [3.8, 4) is 5.75 Å². The van der Waals surface area contributed by atoms with Gasteiger partial charge in [-0.3, -0.25) is 0 Å². The van der Waals surface area contributed by atoms with Crippen molar-refractivity contribution in [2.75, 3.05) is 6.61 Å². The summed E-state index contributed by atoms with van der Waals surface area (Å²) in [5, 5.41) is 0. The van der Waals surface area contributed by atoms with Gasteiger partial charge in [0.05, 0.1) is 6.61 Å². The molecule has 1 radical (unpaired) electrons. The highest BCUT2D eigenvalue weighted by Crippen LogP contribution is 2.30. The summed E-state index contributed by atoms with van der Waals surface area (Å²) < 4.78 is 5.75. The fraction of sp³-hybridized carbons (Fsp3) is 0.667. The average Bonchev–Trinajstić information content (AvgIpc) is 2.40. The molecule has 0 bridgehead atoms. The third-order valence-electron chi connectivity index (χ3n) is 3.66. The van der Waals surface area contributed by atoms with Crippen molar-refractivity contribution in [1.82, 2.24) is 0 Å². The molecule has 0 aliphatic heterocycles. The first-order valence-corrected chi connectivity index (χ1v) is 7.75. The average molecular weight is 261 g/mol. The summed E-state index contributed by atoms with van der Waals surface area (Å²) in [5.74, 6) is 0.898. The molecule has 1 aromatic rings. The van der Waals surface area contributed by atoms with Crippen molar-refractivity contribution in [2.45, 2.75) is 71.6 Å². The van der Waals surface area contributed by atoms with Crippen LogP contribution in [0.3, 0.4) is 0 Å². The fourth-order valence-electron chi connectivity index (χ4n) is 2.20. The van der Waals surface area contributed by atoms with Gasteiger partial charge in [0.1, 0.15) is 5.75 Å². The summed E-state index contributed by atoms with van der Waals surface area (Å²) in [6.45, 7) is 9.85. The lowest BCUT2D eigenvalue weighted by molar-refractivity contribution is 0.307. The van der Waals surface area contributed by atoms with E-state index in [9.17, 15) is 0 Å². The van der Waals surface area contributed by atoms with Crippen LogP contribution < -0.4 is 4.74 Å². The van der Waals surface area contributed by atoms with Crippen LogP contribution in [0.15, 0.2) is 18.2 Å². The molecule has 107 valence electrons. The number of hydrogen-bond donors (Lipinski definition) is 0. The second-order valence-corrected chi connectivity index (χ2v) is 5.97. The molecule has 0 aliphatic carbocycles. The Hall–Kier alpha value is -0.980. The van der Waals surface area contributed by atoms with Gasteiger partial charge in [0.25, 0.3) is 0 Å². The number of ether oxygens (including phenoxy) is 1. The van der Waals surface area contributed by atoms with Gasteiger partial charge in [0, 0.05) is 6.07 Å². The molecular weight excluding hydrogens is 232 g/mol. The smallest absolute Gasteiger partial charge is 0.127 e. The minimum Gasteiger partial charge on any atom is -0.493 e. The van der Waals surface area contributed by atoms with Gasteiger partial charge in [-0.2, -0.15) is 0 Å². The van der Waals surface area contributed by atoms with Crippen LogP contribution in [-0.2, 0) is 5.41 Å². The van der Waals surface area contributed by atoms with Crippen LogP contribution in [0.4, 0.5) is 0 Å². The minimum absolute atomic E-state index is 0.194. The lowest BCUT2D eigenvalue weighted by Gasteiger charge is -2.25. The first kappa shape index (κ1) is 16.1. The summed E-state index contributed by atoms with van der Waals surface area (Å²) in [7, 11) is 0. The van der Waals surface area contributed by atoms with Crippen molar-refractivity contribution in [3.05, 3.63) is 29.8 Å². The molecule has 19 heavy (non-hydrogen) atoms. The minimum atomic E-state index is 0.194. The molecule has 1 nitrogen and oxygen atoms in total. The van der Waals surface area contributed by atoms with Crippen LogP contribution in [0.25, 0.3) is 0 Å². The van der Waals surface area contributed by atoms with Crippen LogP contribution in [0.1, 0.15) is 71.8 Å². The van der Waals surface area contributed by atoms with Crippen LogP contribution in [-0.4, -0.2) is 6.61 Å². The van der Waals surface area contributed by atoms with Gasteiger partial charge >= 0.3 is 0 Å². The van der Waals surface area contributed by atoms with Gasteiger partial charge in [-0.05, 0) is 29.9 Å². The van der Waals surface area contributed by atoms with Crippen LogP contribution in [0.2, 0.25) is 0 Å². The Balaban J connectivity index is 2.63. The van der Waals surface area contributed by atoms with E-state index in [0.29, 0.717) is 0 Å². The predicted octanol–water partition coefficient (Wildman–Crippen LogP) is 5.52. The first-order chi connectivity index (χ1) is 9.10. The normalized spacial score (nSPS) is 11.6. The van der Waals surface area contributed by atoms with E-state index in [0.717, 1.165) is 18.8 Å². The molecule has 0 amide bonds. The molecule has 0 aromatic heterocycles. The molecule has 0 fully saturated rings. The zero-order valence-corrected chi connectivity index (χ0v) is 13.1. The molecule has 0 spiro atoms. The van der Waals surface area contributed by atoms with Crippen molar-refractivity contribution in [2.24, 2.45) is 0 Å². The molecule has 0 N–H and O–H groups in total. The second-order valence-electron chi connectivity index (χ2n) is 5.97. The van der Waals surface area contributed by atoms with Crippen molar-refractivity contribution < 1.29 is 4.74 Å². The maximum atomic E-state index is 5.75. The summed E-state index contributed by atoms with van der Waals surface area (Å²) in [4.78, 5) is 0. The van der Waals surface area contributed by atoms with Crippen molar-refractivity contribution >= 4 is 0 Å². The molecule has 0 unspecified atom stereocenters. The number of rotatable bonds is 9. The fourth-order valence-corrected chi connectivity index (χ4v) is 2.20. The van der Waals surface area contributed by atoms with E-state index < -0.39 is 0 Å². The van der Waals surface area contributed by atoms with Gasteiger partial charge in [-0.15, -0.1) is 0 Å². The van der Waals surface area contributed by atoms with Gasteiger partial charge in [-0.25, -0.2) is 0 Å². The molecule has 0 aliphatic rings. The highest BCUT2D eigenvalue weighted by molar-refractivity contribution is 5.31.